The van der Waals surface area contributed by atoms with Gasteiger partial charge in [-0.15, -0.1) is 0 Å². The molecule has 1 heterocycles. The van der Waals surface area contributed by atoms with Gasteiger partial charge in [-0.2, -0.15) is 0 Å². The molecule has 0 spiro atoms. The Balaban J connectivity index is 2.51. The van der Waals surface area contributed by atoms with Crippen LogP contribution in [0.4, 0.5) is 11.5 Å². The molecule has 76 valence electrons. The minimum Gasteiger partial charge on any atom is -0.391 e. The highest BCUT2D eigenvalue weighted by atomic mass is 32.1. The van der Waals surface area contributed by atoms with Crippen molar-refractivity contribution in [2.24, 2.45) is 5.92 Å². The molecule has 14 heavy (non-hydrogen) atoms. The summed E-state index contributed by atoms with van der Waals surface area (Å²) < 4.78 is 2.05. The normalized spacial score (nSPS) is 15.7. The van der Waals surface area contributed by atoms with Gasteiger partial charge in [0.05, 0.1) is 0 Å². The molecule has 0 aliphatic heterocycles. The summed E-state index contributed by atoms with van der Waals surface area (Å²) in [5, 5.41) is 0. The average molecular weight is 212 g/mol. The molecule has 0 radical (unpaired) electrons. The molecule has 1 aromatic heterocycles. The number of nitrogens with one attached hydrogen (secondary N) is 1. The van der Waals surface area contributed by atoms with Crippen LogP contribution in [-0.4, -0.2) is 9.55 Å². The van der Waals surface area contributed by atoms with Gasteiger partial charge in [0.15, 0.2) is 4.77 Å². The molecule has 1 fully saturated rings. The fourth-order valence-corrected chi connectivity index (χ4v) is 1.61. The molecule has 1 aliphatic rings. The van der Waals surface area contributed by atoms with Gasteiger partial charge in [-0.25, -0.2) is 0 Å². The van der Waals surface area contributed by atoms with Crippen LogP contribution >= 0.6 is 12.2 Å². The van der Waals surface area contributed by atoms with E-state index < -0.39 is 5.56 Å². The SMILES string of the molecule is Nc1c(N)n(CC2CC2)c(=S)[nH]c1=O. The maximum Gasteiger partial charge on any atom is 0.277 e. The third-order valence-corrected chi connectivity index (χ3v) is 2.74. The van der Waals surface area contributed by atoms with Gasteiger partial charge in [-0.3, -0.25) is 9.78 Å². The van der Waals surface area contributed by atoms with Crippen LogP contribution in [0.1, 0.15) is 12.8 Å². The zero-order valence-corrected chi connectivity index (χ0v) is 8.43. The topological polar surface area (TPSA) is 89.8 Å². The van der Waals surface area contributed by atoms with E-state index in [4.69, 9.17) is 23.7 Å². The summed E-state index contributed by atoms with van der Waals surface area (Å²) in [6, 6.07) is 0. The van der Waals surface area contributed by atoms with Gasteiger partial charge in [0.25, 0.3) is 5.56 Å². The van der Waals surface area contributed by atoms with Crippen molar-refractivity contribution in [3.8, 4) is 0 Å². The van der Waals surface area contributed by atoms with Gasteiger partial charge >= 0.3 is 0 Å². The van der Waals surface area contributed by atoms with Crippen molar-refractivity contribution in [1.82, 2.24) is 9.55 Å². The van der Waals surface area contributed by atoms with E-state index in [9.17, 15) is 4.79 Å². The minimum absolute atomic E-state index is 0.0549. The van der Waals surface area contributed by atoms with Crippen molar-refractivity contribution < 1.29 is 0 Å². The van der Waals surface area contributed by atoms with Crippen LogP contribution in [0.3, 0.4) is 0 Å². The number of H-pyrrole nitrogens is 1. The molecule has 0 amide bonds. The number of hydrogen-bond acceptors (Lipinski definition) is 4. The number of rotatable bonds is 2. The Kier molecular flexibility index (Phi) is 2.07. The van der Waals surface area contributed by atoms with Crippen molar-refractivity contribution >= 4 is 23.7 Å². The van der Waals surface area contributed by atoms with Crippen LogP contribution in [0.2, 0.25) is 0 Å². The van der Waals surface area contributed by atoms with Gasteiger partial charge in [0.2, 0.25) is 0 Å². The highest BCUT2D eigenvalue weighted by Crippen LogP contribution is 2.31. The summed E-state index contributed by atoms with van der Waals surface area (Å²) in [6.07, 6.45) is 2.39. The lowest BCUT2D eigenvalue weighted by Crippen LogP contribution is -2.22. The van der Waals surface area contributed by atoms with Crippen molar-refractivity contribution in [3.05, 3.63) is 15.1 Å². The minimum atomic E-state index is -0.403. The van der Waals surface area contributed by atoms with Crippen molar-refractivity contribution in [2.75, 3.05) is 11.5 Å². The highest BCUT2D eigenvalue weighted by molar-refractivity contribution is 7.71. The fourth-order valence-electron chi connectivity index (χ4n) is 1.34. The molecule has 6 heteroatoms. The standard InChI is InChI=1S/C8H12N4OS/c9-5-6(10)12(3-4-1-2-4)8(14)11-7(5)13/h4H,1-3,9-10H2,(H,11,13,14). The molecule has 1 saturated carbocycles. The van der Waals surface area contributed by atoms with Gasteiger partial charge in [-0.05, 0) is 31.0 Å². The van der Waals surface area contributed by atoms with E-state index in [-0.39, 0.29) is 11.5 Å². The Hall–Kier alpha value is -1.30. The lowest BCUT2D eigenvalue weighted by molar-refractivity contribution is 0.612. The summed E-state index contributed by atoms with van der Waals surface area (Å²) in [4.78, 5) is 13.7. The first-order valence-corrected chi connectivity index (χ1v) is 4.88. The van der Waals surface area contributed by atoms with E-state index in [1.165, 1.54) is 12.8 Å². The molecule has 0 atom stereocenters. The summed E-state index contributed by atoms with van der Waals surface area (Å²) >= 11 is 5.00. The first-order chi connectivity index (χ1) is 6.59. The molecule has 1 aromatic rings. The lowest BCUT2D eigenvalue weighted by Gasteiger charge is -2.10. The van der Waals surface area contributed by atoms with Crippen LogP contribution in [0.25, 0.3) is 0 Å². The van der Waals surface area contributed by atoms with Crippen LogP contribution < -0.4 is 17.0 Å². The number of hydrogen-bond donors (Lipinski definition) is 3. The molecule has 5 N–H and O–H groups in total. The molecular formula is C8H12N4OS. The number of aromatic amines is 1. The second-order valence-electron chi connectivity index (χ2n) is 3.61. The predicted octanol–water partition coefficient (Wildman–Crippen LogP) is 0.480. The van der Waals surface area contributed by atoms with Crippen LogP contribution in [0.15, 0.2) is 4.79 Å². The van der Waals surface area contributed by atoms with Crippen LogP contribution in [0.5, 0.6) is 0 Å². The third-order valence-electron chi connectivity index (χ3n) is 2.41. The fraction of sp³-hybridized carbons (Fsp3) is 0.500. The molecule has 0 aromatic carbocycles. The van der Waals surface area contributed by atoms with Crippen molar-refractivity contribution in [2.45, 2.75) is 19.4 Å². The molecule has 5 nitrogen and oxygen atoms in total. The summed E-state index contributed by atoms with van der Waals surface area (Å²) in [5.41, 5.74) is 10.9. The van der Waals surface area contributed by atoms with E-state index in [2.05, 4.69) is 4.98 Å². The number of nitrogen functional groups attached to an aromatic ring is 2. The Morgan fingerprint density at radius 1 is 1.50 bits per heavy atom. The first kappa shape index (κ1) is 9.26. The zero-order valence-electron chi connectivity index (χ0n) is 7.62. The molecule has 1 aliphatic carbocycles. The number of nitrogens with zero attached hydrogens (tertiary/aromatic N) is 1. The zero-order chi connectivity index (χ0) is 10.3. The van der Waals surface area contributed by atoms with Crippen molar-refractivity contribution in [3.63, 3.8) is 0 Å². The molecule has 0 saturated heterocycles. The quantitative estimate of drug-likeness (QED) is 0.622. The van der Waals surface area contributed by atoms with Gasteiger partial charge in [0.1, 0.15) is 11.5 Å². The van der Waals surface area contributed by atoms with E-state index in [1.807, 2.05) is 0 Å². The Labute approximate surface area is 85.7 Å². The lowest BCUT2D eigenvalue weighted by atomic mass is 10.4. The van der Waals surface area contributed by atoms with Crippen molar-refractivity contribution in [1.29, 1.82) is 0 Å². The second-order valence-corrected chi connectivity index (χ2v) is 4.00. The smallest absolute Gasteiger partial charge is 0.277 e. The largest absolute Gasteiger partial charge is 0.391 e. The summed E-state index contributed by atoms with van der Waals surface area (Å²) in [6.45, 7) is 0.756. The monoisotopic (exact) mass is 212 g/mol. The molecule has 0 unspecified atom stereocenters. The van der Waals surface area contributed by atoms with Crippen LogP contribution in [-0.2, 0) is 6.54 Å². The van der Waals surface area contributed by atoms with Crippen LogP contribution in [0, 0.1) is 10.7 Å². The number of aromatic nitrogens is 2. The Morgan fingerprint density at radius 2 is 2.14 bits per heavy atom. The van der Waals surface area contributed by atoms with Gasteiger partial charge in [-0.1, -0.05) is 0 Å². The summed E-state index contributed by atoms with van der Waals surface area (Å²) in [7, 11) is 0. The summed E-state index contributed by atoms with van der Waals surface area (Å²) in [5.74, 6) is 0.917. The van der Waals surface area contributed by atoms with Gasteiger partial charge < -0.3 is 16.0 Å². The average Bonchev–Trinajstić information content (AvgIpc) is 2.92. The molecule has 2 rings (SSSR count). The number of anilines is 2. The number of nitrogens with two attached hydrogens (primary N) is 2. The Bertz CT molecular complexity index is 471. The van der Waals surface area contributed by atoms with Gasteiger partial charge in [0, 0.05) is 6.54 Å². The molecule has 0 bridgehead atoms. The third kappa shape index (κ3) is 1.52. The second kappa shape index (κ2) is 3.13. The van der Waals surface area contributed by atoms with E-state index in [0.29, 0.717) is 10.7 Å². The predicted molar refractivity (Wildman–Crippen MR) is 57.4 cm³/mol. The van der Waals surface area contributed by atoms with E-state index in [0.717, 1.165) is 6.54 Å². The van der Waals surface area contributed by atoms with E-state index in [1.54, 1.807) is 4.57 Å². The first-order valence-electron chi connectivity index (χ1n) is 4.47. The highest BCUT2D eigenvalue weighted by Gasteiger charge is 2.23. The maximum atomic E-state index is 11.2. The Morgan fingerprint density at radius 3 is 2.71 bits per heavy atom. The maximum absolute atomic E-state index is 11.2. The molecular weight excluding hydrogens is 200 g/mol. The van der Waals surface area contributed by atoms with E-state index >= 15 is 0 Å².